The zero-order valence-electron chi connectivity index (χ0n) is 14.0. The van der Waals surface area contributed by atoms with Crippen LogP contribution in [0.1, 0.15) is 67.9 Å². The highest BCUT2D eigenvalue weighted by Gasteiger charge is 2.23. The fourth-order valence-electron chi connectivity index (χ4n) is 3.51. The lowest BCUT2D eigenvalue weighted by Crippen LogP contribution is -2.39. The Morgan fingerprint density at radius 3 is 3.13 bits per heavy atom. The Labute approximate surface area is 138 Å². The van der Waals surface area contributed by atoms with Crippen LogP contribution in [0.3, 0.4) is 0 Å². The van der Waals surface area contributed by atoms with Gasteiger partial charge in [-0.15, -0.1) is 0 Å². The SMILES string of the molecule is CC1CCCCN1CCCNC(=O)c1coc(C2CCCN2)n1. The van der Waals surface area contributed by atoms with E-state index in [1.807, 2.05) is 0 Å². The molecule has 2 N–H and O–H groups in total. The first-order valence-electron chi connectivity index (χ1n) is 8.95. The number of carbonyl (C=O) groups excluding carboxylic acids is 1. The molecule has 0 radical (unpaired) electrons. The molecule has 1 amide bonds. The quantitative estimate of drug-likeness (QED) is 0.786. The number of nitrogens with zero attached hydrogens (tertiary/aromatic N) is 2. The highest BCUT2D eigenvalue weighted by atomic mass is 16.3. The van der Waals surface area contributed by atoms with Gasteiger partial charge in [0, 0.05) is 19.1 Å². The van der Waals surface area contributed by atoms with Crippen LogP contribution in [0.25, 0.3) is 0 Å². The summed E-state index contributed by atoms with van der Waals surface area (Å²) in [6, 6.07) is 0.841. The molecule has 2 aliphatic heterocycles. The van der Waals surface area contributed by atoms with Gasteiger partial charge in [-0.05, 0) is 52.1 Å². The van der Waals surface area contributed by atoms with Crippen molar-refractivity contribution in [3.8, 4) is 0 Å². The van der Waals surface area contributed by atoms with Crippen molar-refractivity contribution >= 4 is 5.91 Å². The Kier molecular flexibility index (Phi) is 5.67. The summed E-state index contributed by atoms with van der Waals surface area (Å²) in [4.78, 5) is 19.0. The van der Waals surface area contributed by atoms with Gasteiger partial charge in [-0.2, -0.15) is 0 Å². The van der Waals surface area contributed by atoms with Crippen molar-refractivity contribution in [1.29, 1.82) is 0 Å². The Balaban J connectivity index is 1.39. The van der Waals surface area contributed by atoms with Gasteiger partial charge in [0.1, 0.15) is 6.26 Å². The smallest absolute Gasteiger partial charge is 0.273 e. The predicted molar refractivity (Wildman–Crippen MR) is 88.3 cm³/mol. The molecule has 3 rings (SSSR count). The van der Waals surface area contributed by atoms with Gasteiger partial charge in [0.05, 0.1) is 6.04 Å². The van der Waals surface area contributed by atoms with E-state index in [0.29, 0.717) is 24.2 Å². The summed E-state index contributed by atoms with van der Waals surface area (Å²) >= 11 is 0. The zero-order valence-corrected chi connectivity index (χ0v) is 14.0. The Hall–Kier alpha value is -1.40. The van der Waals surface area contributed by atoms with E-state index < -0.39 is 0 Å². The molecule has 2 fully saturated rings. The number of nitrogens with one attached hydrogen (secondary N) is 2. The second-order valence-corrected chi connectivity index (χ2v) is 6.71. The first kappa shape index (κ1) is 16.5. The third-order valence-corrected chi connectivity index (χ3v) is 4.96. The van der Waals surface area contributed by atoms with E-state index in [0.717, 1.165) is 32.4 Å². The summed E-state index contributed by atoms with van der Waals surface area (Å²) in [6.45, 7) is 6.22. The van der Waals surface area contributed by atoms with E-state index in [-0.39, 0.29) is 11.9 Å². The summed E-state index contributed by atoms with van der Waals surface area (Å²) in [6.07, 6.45) is 8.54. The van der Waals surface area contributed by atoms with Gasteiger partial charge in [-0.3, -0.25) is 4.79 Å². The second-order valence-electron chi connectivity index (χ2n) is 6.71. The molecule has 2 aliphatic rings. The summed E-state index contributed by atoms with van der Waals surface area (Å²) in [5, 5.41) is 6.27. The van der Waals surface area contributed by atoms with Crippen LogP contribution in [0, 0.1) is 0 Å². The molecule has 0 bridgehead atoms. The first-order valence-corrected chi connectivity index (χ1v) is 8.95. The van der Waals surface area contributed by atoms with Crippen molar-refractivity contribution in [2.75, 3.05) is 26.2 Å². The minimum absolute atomic E-state index is 0.135. The minimum Gasteiger partial charge on any atom is -0.446 e. The number of piperidine rings is 1. The minimum atomic E-state index is -0.135. The molecule has 2 unspecified atom stereocenters. The fraction of sp³-hybridized carbons (Fsp3) is 0.765. The summed E-state index contributed by atoms with van der Waals surface area (Å²) in [5.74, 6) is 0.500. The molecular formula is C17H28N4O2. The molecule has 0 aromatic carbocycles. The number of carbonyl (C=O) groups is 1. The molecule has 1 aromatic heterocycles. The van der Waals surface area contributed by atoms with Crippen molar-refractivity contribution in [2.45, 2.75) is 57.5 Å². The molecule has 1 aromatic rings. The number of rotatable bonds is 6. The van der Waals surface area contributed by atoms with Crippen molar-refractivity contribution in [3.63, 3.8) is 0 Å². The van der Waals surface area contributed by atoms with Crippen LogP contribution in [0.4, 0.5) is 0 Å². The van der Waals surface area contributed by atoms with Crippen LogP contribution < -0.4 is 10.6 Å². The van der Waals surface area contributed by atoms with Gasteiger partial charge in [-0.25, -0.2) is 4.98 Å². The predicted octanol–water partition coefficient (Wildman–Crippen LogP) is 2.09. The second kappa shape index (κ2) is 7.93. The van der Waals surface area contributed by atoms with E-state index in [1.54, 1.807) is 0 Å². The van der Waals surface area contributed by atoms with Crippen LogP contribution in [0.5, 0.6) is 0 Å². The summed E-state index contributed by atoms with van der Waals surface area (Å²) < 4.78 is 5.44. The fourth-order valence-corrected chi connectivity index (χ4v) is 3.51. The van der Waals surface area contributed by atoms with Crippen LogP contribution in [-0.2, 0) is 0 Å². The van der Waals surface area contributed by atoms with Gasteiger partial charge in [0.2, 0.25) is 5.89 Å². The van der Waals surface area contributed by atoms with E-state index in [2.05, 4.69) is 27.4 Å². The number of amides is 1. The molecule has 0 saturated carbocycles. The summed E-state index contributed by atoms with van der Waals surface area (Å²) in [5.41, 5.74) is 0.389. The lowest BCUT2D eigenvalue weighted by atomic mass is 10.0. The molecule has 2 atom stereocenters. The van der Waals surface area contributed by atoms with Gasteiger partial charge < -0.3 is 20.0 Å². The van der Waals surface area contributed by atoms with Crippen molar-refractivity contribution in [3.05, 3.63) is 17.8 Å². The Morgan fingerprint density at radius 2 is 2.35 bits per heavy atom. The average Bonchev–Trinajstić information content (AvgIpc) is 3.23. The maximum absolute atomic E-state index is 12.1. The highest BCUT2D eigenvalue weighted by Crippen LogP contribution is 2.22. The van der Waals surface area contributed by atoms with Gasteiger partial charge in [0.25, 0.3) is 5.91 Å². The zero-order chi connectivity index (χ0) is 16.1. The van der Waals surface area contributed by atoms with E-state index >= 15 is 0 Å². The molecule has 0 spiro atoms. The van der Waals surface area contributed by atoms with Crippen molar-refractivity contribution < 1.29 is 9.21 Å². The molecule has 3 heterocycles. The molecule has 23 heavy (non-hydrogen) atoms. The molecule has 6 nitrogen and oxygen atoms in total. The standard InChI is InChI=1S/C17H28N4O2/c1-13-6-2-3-10-21(13)11-5-9-19-16(22)15-12-23-17(20-15)14-7-4-8-18-14/h12-14,18H,2-11H2,1H3,(H,19,22). The lowest BCUT2D eigenvalue weighted by Gasteiger charge is -2.33. The number of hydrogen-bond acceptors (Lipinski definition) is 5. The monoisotopic (exact) mass is 320 g/mol. The number of likely N-dealkylation sites (tertiary alicyclic amines) is 1. The maximum atomic E-state index is 12.1. The molecule has 2 saturated heterocycles. The van der Waals surface area contributed by atoms with Gasteiger partial charge in [-0.1, -0.05) is 6.42 Å². The maximum Gasteiger partial charge on any atom is 0.273 e. The number of oxazole rings is 1. The van der Waals surface area contributed by atoms with Crippen LogP contribution in [-0.4, -0.2) is 48.0 Å². The first-order chi connectivity index (χ1) is 11.2. The highest BCUT2D eigenvalue weighted by molar-refractivity contribution is 5.91. The molecule has 6 heteroatoms. The van der Waals surface area contributed by atoms with Crippen molar-refractivity contribution in [1.82, 2.24) is 20.5 Å². The Bertz CT molecular complexity index is 510. The topological polar surface area (TPSA) is 70.4 Å². The van der Waals surface area contributed by atoms with Crippen LogP contribution in [0.2, 0.25) is 0 Å². The third kappa shape index (κ3) is 4.32. The van der Waals surface area contributed by atoms with Crippen LogP contribution in [0.15, 0.2) is 10.7 Å². The number of aromatic nitrogens is 1. The van der Waals surface area contributed by atoms with Crippen molar-refractivity contribution in [2.24, 2.45) is 0 Å². The van der Waals surface area contributed by atoms with Crippen LogP contribution >= 0.6 is 0 Å². The normalized spacial score (nSPS) is 25.6. The number of hydrogen-bond donors (Lipinski definition) is 2. The van der Waals surface area contributed by atoms with E-state index in [1.165, 1.54) is 32.1 Å². The molecule has 0 aliphatic carbocycles. The lowest BCUT2D eigenvalue weighted by molar-refractivity contribution is 0.0944. The van der Waals surface area contributed by atoms with E-state index in [4.69, 9.17) is 4.42 Å². The Morgan fingerprint density at radius 1 is 1.43 bits per heavy atom. The van der Waals surface area contributed by atoms with Gasteiger partial charge >= 0.3 is 0 Å². The average molecular weight is 320 g/mol. The molecule has 128 valence electrons. The summed E-state index contributed by atoms with van der Waals surface area (Å²) in [7, 11) is 0. The largest absolute Gasteiger partial charge is 0.446 e. The van der Waals surface area contributed by atoms with E-state index in [9.17, 15) is 4.79 Å². The third-order valence-electron chi connectivity index (χ3n) is 4.96. The molecular weight excluding hydrogens is 292 g/mol. The van der Waals surface area contributed by atoms with Gasteiger partial charge in [0.15, 0.2) is 5.69 Å².